The largest absolute Gasteiger partial charge is 0.456 e. The molecule has 0 unspecified atom stereocenters. The van der Waals surface area contributed by atoms with E-state index in [2.05, 4.69) is 169 Å². The fourth-order valence-electron chi connectivity index (χ4n) is 8.59. The van der Waals surface area contributed by atoms with Crippen LogP contribution in [0, 0.1) is 0 Å². The van der Waals surface area contributed by atoms with E-state index < -0.39 is 0 Å². The lowest BCUT2D eigenvalue weighted by Gasteiger charge is -2.26. The first-order valence-corrected chi connectivity index (χ1v) is 18.9. The van der Waals surface area contributed by atoms with Crippen LogP contribution in [0.5, 0.6) is 0 Å². The summed E-state index contributed by atoms with van der Waals surface area (Å²) in [5.41, 5.74) is 13.0. The Bertz CT molecular complexity index is 3470. The molecule has 262 valence electrons. The van der Waals surface area contributed by atoms with E-state index in [-0.39, 0.29) is 0 Å². The number of furan rings is 3. The molecule has 4 heteroatoms. The second-order valence-electron chi connectivity index (χ2n) is 14.5. The highest BCUT2D eigenvalue weighted by atomic mass is 16.3. The molecule has 3 heterocycles. The van der Waals surface area contributed by atoms with Crippen molar-refractivity contribution in [1.82, 2.24) is 0 Å². The summed E-state index contributed by atoms with van der Waals surface area (Å²) in [6, 6.07) is 66.2. The molecule has 0 bridgehead atoms. The third-order valence-corrected chi connectivity index (χ3v) is 11.3. The molecule has 0 radical (unpaired) electrons. The minimum absolute atomic E-state index is 0.855. The molecule has 12 aromatic rings. The molecule has 0 aliphatic heterocycles. The van der Waals surface area contributed by atoms with E-state index in [4.69, 9.17) is 13.3 Å². The van der Waals surface area contributed by atoms with Gasteiger partial charge in [0.2, 0.25) is 0 Å². The van der Waals surface area contributed by atoms with Crippen LogP contribution in [0.15, 0.2) is 201 Å². The van der Waals surface area contributed by atoms with Crippen LogP contribution in [0.2, 0.25) is 0 Å². The van der Waals surface area contributed by atoms with Crippen LogP contribution in [0.1, 0.15) is 0 Å². The monoisotopic (exact) mass is 717 g/mol. The number of rotatable bonds is 5. The van der Waals surface area contributed by atoms with Crippen molar-refractivity contribution in [3.05, 3.63) is 188 Å². The maximum absolute atomic E-state index is 6.52. The Kier molecular flexibility index (Phi) is 6.60. The van der Waals surface area contributed by atoms with Crippen molar-refractivity contribution in [2.45, 2.75) is 0 Å². The van der Waals surface area contributed by atoms with Crippen LogP contribution in [0.4, 0.5) is 17.1 Å². The van der Waals surface area contributed by atoms with Crippen molar-refractivity contribution in [3.8, 4) is 22.3 Å². The smallest absolute Gasteiger partial charge is 0.143 e. The van der Waals surface area contributed by atoms with E-state index in [1.54, 1.807) is 0 Å². The number of nitrogens with zero attached hydrogens (tertiary/aromatic N) is 1. The Morgan fingerprint density at radius 3 is 1.66 bits per heavy atom. The Labute approximate surface area is 321 Å². The molecule has 0 N–H and O–H groups in total. The van der Waals surface area contributed by atoms with Gasteiger partial charge in [-0.15, -0.1) is 0 Å². The molecule has 3 aromatic heterocycles. The maximum atomic E-state index is 6.52. The van der Waals surface area contributed by atoms with Gasteiger partial charge in [-0.1, -0.05) is 109 Å². The van der Waals surface area contributed by atoms with Crippen molar-refractivity contribution >= 4 is 93.7 Å². The molecule has 9 aromatic carbocycles. The van der Waals surface area contributed by atoms with Crippen LogP contribution in [0.3, 0.4) is 0 Å². The molecule has 56 heavy (non-hydrogen) atoms. The Morgan fingerprint density at radius 1 is 0.304 bits per heavy atom. The third kappa shape index (κ3) is 4.73. The van der Waals surface area contributed by atoms with E-state index in [9.17, 15) is 0 Å². The van der Waals surface area contributed by atoms with Crippen molar-refractivity contribution < 1.29 is 13.3 Å². The summed E-state index contributed by atoms with van der Waals surface area (Å²) in [6.45, 7) is 0. The van der Waals surface area contributed by atoms with Crippen molar-refractivity contribution in [2.24, 2.45) is 0 Å². The molecule has 0 atom stereocenters. The van der Waals surface area contributed by atoms with Gasteiger partial charge in [-0.3, -0.25) is 0 Å². The summed E-state index contributed by atoms with van der Waals surface area (Å²) in [6.07, 6.45) is 0. The van der Waals surface area contributed by atoms with E-state index >= 15 is 0 Å². The number of hydrogen-bond acceptors (Lipinski definition) is 4. The second kappa shape index (κ2) is 12.0. The molecule has 0 aliphatic carbocycles. The quantitative estimate of drug-likeness (QED) is 0.178. The first-order valence-electron chi connectivity index (χ1n) is 18.9. The zero-order valence-electron chi connectivity index (χ0n) is 30.1. The fourth-order valence-corrected chi connectivity index (χ4v) is 8.59. The van der Waals surface area contributed by atoms with Gasteiger partial charge in [0.1, 0.15) is 33.5 Å². The van der Waals surface area contributed by atoms with E-state index in [1.165, 1.54) is 5.39 Å². The number of hydrogen-bond donors (Lipinski definition) is 0. The molecule has 0 fully saturated rings. The van der Waals surface area contributed by atoms with Crippen LogP contribution >= 0.6 is 0 Å². The van der Waals surface area contributed by atoms with Crippen molar-refractivity contribution in [2.75, 3.05) is 4.90 Å². The average molecular weight is 718 g/mol. The molecular weight excluding hydrogens is 687 g/mol. The van der Waals surface area contributed by atoms with Crippen LogP contribution in [0.25, 0.3) is 98.8 Å². The van der Waals surface area contributed by atoms with Gasteiger partial charge < -0.3 is 18.2 Å². The zero-order chi connectivity index (χ0) is 36.7. The highest BCUT2D eigenvalue weighted by Crippen LogP contribution is 2.43. The van der Waals surface area contributed by atoms with Crippen molar-refractivity contribution in [3.63, 3.8) is 0 Å². The Hall–Kier alpha value is -7.56. The summed E-state index contributed by atoms with van der Waals surface area (Å²) >= 11 is 0. The lowest BCUT2D eigenvalue weighted by atomic mass is 9.98. The lowest BCUT2D eigenvalue weighted by Crippen LogP contribution is -2.09. The van der Waals surface area contributed by atoms with E-state index in [1.807, 2.05) is 24.3 Å². The predicted molar refractivity (Wildman–Crippen MR) is 231 cm³/mol. The van der Waals surface area contributed by atoms with Gasteiger partial charge in [-0.25, -0.2) is 0 Å². The van der Waals surface area contributed by atoms with Crippen LogP contribution < -0.4 is 4.90 Å². The molecule has 0 aliphatic rings. The van der Waals surface area contributed by atoms with Gasteiger partial charge >= 0.3 is 0 Å². The Balaban J connectivity index is 0.973. The molecule has 12 rings (SSSR count). The van der Waals surface area contributed by atoms with Gasteiger partial charge in [0, 0.05) is 60.8 Å². The summed E-state index contributed by atoms with van der Waals surface area (Å²) in [7, 11) is 0. The summed E-state index contributed by atoms with van der Waals surface area (Å²) < 4.78 is 19.0. The van der Waals surface area contributed by atoms with Crippen molar-refractivity contribution in [1.29, 1.82) is 0 Å². The minimum atomic E-state index is 0.855. The van der Waals surface area contributed by atoms with E-state index in [0.29, 0.717) is 0 Å². The van der Waals surface area contributed by atoms with Gasteiger partial charge in [0.25, 0.3) is 0 Å². The number of benzene rings is 9. The van der Waals surface area contributed by atoms with Gasteiger partial charge in [-0.05, 0) is 100 Å². The minimum Gasteiger partial charge on any atom is -0.456 e. The van der Waals surface area contributed by atoms with Gasteiger partial charge in [0.15, 0.2) is 0 Å². The summed E-state index contributed by atoms with van der Waals surface area (Å²) in [5, 5.41) is 9.02. The standard InChI is InChI=1S/C52H31NO3/c1-2-9-40-33(8-1)20-27-44-51-39(12-7-15-49(51)56-52(40)44)34-18-24-37(25-19-34)53(38-26-28-43-41-10-3-5-13-46(41)55-50(43)31-38)36-22-16-32(17-23-36)35-21-29-48-45(30-35)42-11-4-6-14-47(42)54-48/h1-31H. The number of anilines is 3. The third-order valence-electron chi connectivity index (χ3n) is 11.3. The number of fused-ring (bicyclic) bond motifs is 11. The molecule has 0 saturated heterocycles. The lowest BCUT2D eigenvalue weighted by molar-refractivity contribution is 0.668. The second-order valence-corrected chi connectivity index (χ2v) is 14.5. The Morgan fingerprint density at radius 2 is 0.875 bits per heavy atom. The van der Waals surface area contributed by atoms with E-state index in [0.717, 1.165) is 111 Å². The highest BCUT2D eigenvalue weighted by Gasteiger charge is 2.18. The molecular formula is C52H31NO3. The average Bonchev–Trinajstić information content (AvgIpc) is 3.95. The zero-order valence-corrected chi connectivity index (χ0v) is 30.1. The molecule has 0 amide bonds. The maximum Gasteiger partial charge on any atom is 0.143 e. The highest BCUT2D eigenvalue weighted by molar-refractivity contribution is 6.19. The van der Waals surface area contributed by atoms with Gasteiger partial charge in [0.05, 0.1) is 0 Å². The van der Waals surface area contributed by atoms with Gasteiger partial charge in [-0.2, -0.15) is 0 Å². The SMILES string of the molecule is c1ccc2c(c1)ccc1c2oc2cccc(-c3ccc(N(c4ccc(-c5ccc6oc7ccccc7c6c5)cc4)c4ccc5c(c4)oc4ccccc45)cc3)c21. The molecule has 4 nitrogen and oxygen atoms in total. The summed E-state index contributed by atoms with van der Waals surface area (Å²) in [4.78, 5) is 2.30. The molecule has 0 spiro atoms. The first-order chi connectivity index (χ1) is 27.7. The number of para-hydroxylation sites is 2. The fraction of sp³-hybridized carbons (Fsp3) is 0. The van der Waals surface area contributed by atoms with Crippen LogP contribution in [-0.2, 0) is 0 Å². The van der Waals surface area contributed by atoms with Crippen LogP contribution in [-0.4, -0.2) is 0 Å². The normalized spacial score (nSPS) is 11.9. The summed E-state index contributed by atoms with van der Waals surface area (Å²) in [5.74, 6) is 0. The molecule has 0 saturated carbocycles. The topological polar surface area (TPSA) is 42.7 Å². The first kappa shape index (κ1) is 30.9. The predicted octanol–water partition coefficient (Wildman–Crippen LogP) is 15.3.